The Hall–Kier alpha value is -5.82. The van der Waals surface area contributed by atoms with Crippen molar-refractivity contribution in [2.75, 3.05) is 5.32 Å². The molecule has 2 amide bonds. The van der Waals surface area contributed by atoms with Gasteiger partial charge in [0.2, 0.25) is 5.91 Å². The van der Waals surface area contributed by atoms with E-state index in [2.05, 4.69) is 33.0 Å². The van der Waals surface area contributed by atoms with Gasteiger partial charge in [-0.1, -0.05) is 100 Å². The molecule has 0 aliphatic carbocycles. The van der Waals surface area contributed by atoms with Gasteiger partial charge in [0.15, 0.2) is 0 Å². The van der Waals surface area contributed by atoms with E-state index in [1.165, 1.54) is 6.07 Å². The average Bonchev–Trinajstić information content (AvgIpc) is 3.06. The molecule has 0 spiro atoms. The Kier molecular flexibility index (Phi) is 7.12. The first-order valence-electron chi connectivity index (χ1n) is 15.7. The molecule has 3 N–H and O–H groups in total. The van der Waals surface area contributed by atoms with Gasteiger partial charge in [0.05, 0.1) is 10.5 Å². The molecule has 0 bridgehead atoms. The molecule has 0 heterocycles. The second-order valence-corrected chi connectivity index (χ2v) is 12.7. The molecule has 0 saturated carbocycles. The zero-order chi connectivity index (χ0) is 33.1. The molecule has 0 radical (unpaired) electrons. The summed E-state index contributed by atoms with van der Waals surface area (Å²) in [4.78, 5) is 38.8. The summed E-state index contributed by atoms with van der Waals surface area (Å²) in [6.07, 6.45) is 0. The lowest BCUT2D eigenvalue weighted by molar-refractivity contribution is -0.384. The van der Waals surface area contributed by atoms with Crippen LogP contribution in [0.5, 0.6) is 0 Å². The fraction of sp³-hybridized carbons (Fsp3) is 0.150. The van der Waals surface area contributed by atoms with Crippen molar-refractivity contribution in [3.05, 3.63) is 129 Å². The minimum absolute atomic E-state index is 0.0351. The summed E-state index contributed by atoms with van der Waals surface area (Å²) in [5.74, 6) is -0.577. The van der Waals surface area contributed by atoms with Crippen LogP contribution in [0.25, 0.3) is 54.2 Å². The molecule has 0 aromatic heterocycles. The van der Waals surface area contributed by atoms with Crippen molar-refractivity contribution in [3.8, 4) is 11.1 Å². The number of anilines is 1. The van der Waals surface area contributed by atoms with E-state index in [0.717, 1.165) is 60.1 Å². The van der Waals surface area contributed by atoms with Crippen LogP contribution >= 0.6 is 0 Å². The van der Waals surface area contributed by atoms with E-state index in [-0.39, 0.29) is 33.9 Å². The van der Waals surface area contributed by atoms with Gasteiger partial charge in [0, 0.05) is 28.3 Å². The number of fused-ring (bicyclic) bond motifs is 2. The number of carbonyl (C=O) groups excluding carboxylic acids is 2. The Bertz CT molecular complexity index is 2380. The quantitative estimate of drug-likeness (QED) is 0.0799. The zero-order valence-electron chi connectivity index (χ0n) is 26.5. The number of nitrogens with two attached hydrogens (primary N) is 1. The number of amides is 2. The smallest absolute Gasteiger partial charge is 0.277 e. The Balaban J connectivity index is 1.52. The molecule has 7 heteroatoms. The number of primary amides is 1. The molecule has 7 rings (SSSR count). The van der Waals surface area contributed by atoms with Crippen LogP contribution in [0.15, 0.2) is 97.1 Å². The summed E-state index contributed by atoms with van der Waals surface area (Å²) in [6.45, 7) is 8.40. The first-order valence-corrected chi connectivity index (χ1v) is 15.7. The van der Waals surface area contributed by atoms with Crippen LogP contribution in [0.3, 0.4) is 0 Å². The molecule has 7 aromatic carbocycles. The normalized spacial score (nSPS) is 11.8. The number of nitrogens with zero attached hydrogens (tertiary/aromatic N) is 1. The second-order valence-electron chi connectivity index (χ2n) is 12.7. The van der Waals surface area contributed by atoms with Crippen molar-refractivity contribution < 1.29 is 14.5 Å². The Morgan fingerprint density at radius 1 is 0.617 bits per heavy atom. The summed E-state index contributed by atoms with van der Waals surface area (Å²) >= 11 is 0. The van der Waals surface area contributed by atoms with Crippen LogP contribution in [-0.2, 0) is 0 Å². The molecule has 0 fully saturated rings. The van der Waals surface area contributed by atoms with E-state index >= 15 is 0 Å². The number of nitro groups is 1. The van der Waals surface area contributed by atoms with Crippen LogP contribution in [0, 0.1) is 10.1 Å². The maximum absolute atomic E-state index is 14.3. The lowest BCUT2D eigenvalue weighted by Crippen LogP contribution is -2.18. The Morgan fingerprint density at radius 2 is 1.17 bits per heavy atom. The van der Waals surface area contributed by atoms with Crippen molar-refractivity contribution >= 4 is 66.3 Å². The molecule has 232 valence electrons. The first-order chi connectivity index (χ1) is 22.6. The van der Waals surface area contributed by atoms with Crippen molar-refractivity contribution in [1.29, 1.82) is 0 Å². The highest BCUT2D eigenvalue weighted by Crippen LogP contribution is 2.46. The third-order valence-corrected chi connectivity index (χ3v) is 9.29. The minimum atomic E-state index is -0.621. The third kappa shape index (κ3) is 4.65. The highest BCUT2D eigenvalue weighted by atomic mass is 16.6. The van der Waals surface area contributed by atoms with Gasteiger partial charge in [-0.05, 0) is 84.4 Å². The van der Waals surface area contributed by atoms with E-state index in [1.807, 2.05) is 60.7 Å². The maximum Gasteiger partial charge on any atom is 0.277 e. The number of benzene rings is 7. The number of hydrogen-bond donors (Lipinski definition) is 2. The Labute approximate surface area is 271 Å². The summed E-state index contributed by atoms with van der Waals surface area (Å²) in [5, 5.41) is 21.8. The molecule has 0 saturated heterocycles. The molecule has 0 atom stereocenters. The van der Waals surface area contributed by atoms with E-state index in [1.54, 1.807) is 30.3 Å². The highest BCUT2D eigenvalue weighted by Gasteiger charge is 2.25. The summed E-state index contributed by atoms with van der Waals surface area (Å²) in [7, 11) is 0. The van der Waals surface area contributed by atoms with Gasteiger partial charge < -0.3 is 11.1 Å². The lowest BCUT2D eigenvalue weighted by Gasteiger charge is -2.22. The number of hydrogen-bond acceptors (Lipinski definition) is 4. The molecular formula is C40H33N3O4. The van der Waals surface area contributed by atoms with Crippen LogP contribution < -0.4 is 11.1 Å². The summed E-state index contributed by atoms with van der Waals surface area (Å²) in [5.41, 5.74) is 10.8. The van der Waals surface area contributed by atoms with Crippen molar-refractivity contribution in [3.63, 3.8) is 0 Å². The standard InChI is InChI=1S/C40H33N3O4/c1-21(2)23-10-7-11-24(22(3)4)38(23)42-40(45)33-20-18-30-28-13-8-12-27-25(26-9-5-6-14-34(26)43(46)47)15-16-29(35(27)28)31-17-19-32(39(41)44)37(33)36(30)31/h5-22H,1-4H3,(H2,41,44)(H,42,45). The largest absolute Gasteiger partial charge is 0.366 e. The van der Waals surface area contributed by atoms with Crippen LogP contribution in [0.2, 0.25) is 0 Å². The fourth-order valence-electron chi connectivity index (χ4n) is 7.17. The number of para-hydroxylation sites is 2. The monoisotopic (exact) mass is 619 g/mol. The van der Waals surface area contributed by atoms with Crippen LogP contribution in [0.4, 0.5) is 11.4 Å². The predicted molar refractivity (Wildman–Crippen MR) is 191 cm³/mol. The van der Waals surface area contributed by atoms with E-state index < -0.39 is 5.91 Å². The molecule has 0 unspecified atom stereocenters. The molecule has 47 heavy (non-hydrogen) atoms. The number of nitro benzene ring substituents is 1. The minimum Gasteiger partial charge on any atom is -0.366 e. The zero-order valence-corrected chi connectivity index (χ0v) is 26.5. The topological polar surface area (TPSA) is 115 Å². The number of carbonyl (C=O) groups is 2. The summed E-state index contributed by atoms with van der Waals surface area (Å²) in [6, 6.07) is 29.9. The van der Waals surface area contributed by atoms with Gasteiger partial charge in [0.25, 0.3) is 11.6 Å². The van der Waals surface area contributed by atoms with Gasteiger partial charge in [0.1, 0.15) is 0 Å². The lowest BCUT2D eigenvalue weighted by atomic mass is 9.84. The summed E-state index contributed by atoms with van der Waals surface area (Å²) < 4.78 is 0. The molecule has 0 aliphatic heterocycles. The van der Waals surface area contributed by atoms with Crippen molar-refractivity contribution in [2.45, 2.75) is 39.5 Å². The number of nitrogens with one attached hydrogen (secondary N) is 1. The fourth-order valence-corrected chi connectivity index (χ4v) is 7.17. The van der Waals surface area contributed by atoms with E-state index in [0.29, 0.717) is 16.5 Å². The molecular weight excluding hydrogens is 586 g/mol. The second kappa shape index (κ2) is 11.2. The first kappa shape index (κ1) is 29.9. The van der Waals surface area contributed by atoms with E-state index in [9.17, 15) is 19.7 Å². The average molecular weight is 620 g/mol. The van der Waals surface area contributed by atoms with Crippen LogP contribution in [0.1, 0.15) is 71.4 Å². The molecule has 7 nitrogen and oxygen atoms in total. The molecule has 7 aromatic rings. The van der Waals surface area contributed by atoms with Crippen molar-refractivity contribution in [1.82, 2.24) is 0 Å². The van der Waals surface area contributed by atoms with Gasteiger partial charge in [-0.15, -0.1) is 0 Å². The SMILES string of the molecule is CC(C)c1cccc(C(C)C)c1NC(=O)c1ccc2c3cccc4c(-c5ccccc5[N+](=O)[O-])ccc(c5ccc(C(N)=O)c1c52)c43. The van der Waals surface area contributed by atoms with Gasteiger partial charge in [-0.3, -0.25) is 19.7 Å². The number of rotatable bonds is 7. The Morgan fingerprint density at radius 3 is 1.81 bits per heavy atom. The third-order valence-electron chi connectivity index (χ3n) is 9.29. The predicted octanol–water partition coefficient (Wildman–Crippen LogP) is 9.91. The van der Waals surface area contributed by atoms with Crippen molar-refractivity contribution in [2.24, 2.45) is 5.73 Å². The highest BCUT2D eigenvalue weighted by molar-refractivity contribution is 6.37. The van der Waals surface area contributed by atoms with Crippen LogP contribution in [-0.4, -0.2) is 16.7 Å². The van der Waals surface area contributed by atoms with E-state index in [4.69, 9.17) is 5.73 Å². The van der Waals surface area contributed by atoms with Gasteiger partial charge in [-0.25, -0.2) is 0 Å². The maximum atomic E-state index is 14.3. The van der Waals surface area contributed by atoms with Gasteiger partial charge in [-0.2, -0.15) is 0 Å². The van der Waals surface area contributed by atoms with Gasteiger partial charge >= 0.3 is 0 Å². The molecule has 0 aliphatic rings.